The summed E-state index contributed by atoms with van der Waals surface area (Å²) >= 11 is 0. The number of hydrogen-bond acceptors (Lipinski definition) is 2. The fourth-order valence-corrected chi connectivity index (χ4v) is 2.44. The lowest BCUT2D eigenvalue weighted by molar-refractivity contribution is 0.0739. The molecule has 1 fully saturated rings. The van der Waals surface area contributed by atoms with E-state index in [0.717, 1.165) is 25.9 Å². The molecule has 0 saturated carbocycles. The van der Waals surface area contributed by atoms with Crippen LogP contribution < -0.4 is 4.74 Å². The van der Waals surface area contributed by atoms with E-state index in [1.54, 1.807) is 7.11 Å². The van der Waals surface area contributed by atoms with Crippen LogP contribution in [0.2, 0.25) is 0 Å². The highest BCUT2D eigenvalue weighted by atomic mass is 16.5. The van der Waals surface area contributed by atoms with Gasteiger partial charge in [0.15, 0.2) is 0 Å². The van der Waals surface area contributed by atoms with Crippen molar-refractivity contribution in [3.8, 4) is 5.75 Å². The third-order valence-electron chi connectivity index (χ3n) is 3.48. The molecule has 0 spiro atoms. The lowest BCUT2D eigenvalue weighted by atomic mass is 10.1. The van der Waals surface area contributed by atoms with Crippen molar-refractivity contribution in [2.45, 2.75) is 32.1 Å². The second-order valence-electron chi connectivity index (χ2n) is 4.76. The third kappa shape index (κ3) is 3.03. The number of ether oxygens (including phenoxy) is 1. The van der Waals surface area contributed by atoms with Crippen molar-refractivity contribution in [1.29, 1.82) is 0 Å². The maximum absolute atomic E-state index is 12.5. The molecule has 0 aromatic heterocycles. The third-order valence-corrected chi connectivity index (χ3v) is 3.48. The Morgan fingerprint density at radius 1 is 1.06 bits per heavy atom. The zero-order valence-corrected chi connectivity index (χ0v) is 11.0. The Kier molecular flexibility index (Phi) is 4.62. The van der Waals surface area contributed by atoms with E-state index in [0.29, 0.717) is 11.3 Å². The molecule has 0 aliphatic carbocycles. The minimum Gasteiger partial charge on any atom is -0.496 e. The number of benzene rings is 1. The van der Waals surface area contributed by atoms with Crippen molar-refractivity contribution in [3.63, 3.8) is 0 Å². The van der Waals surface area contributed by atoms with E-state index >= 15 is 0 Å². The maximum atomic E-state index is 12.5. The summed E-state index contributed by atoms with van der Waals surface area (Å²) in [5, 5.41) is 0. The first-order chi connectivity index (χ1) is 8.83. The van der Waals surface area contributed by atoms with Gasteiger partial charge in [0.1, 0.15) is 5.75 Å². The topological polar surface area (TPSA) is 29.5 Å². The number of likely N-dealkylation sites (tertiary alicyclic amines) is 1. The van der Waals surface area contributed by atoms with Crippen molar-refractivity contribution in [3.05, 3.63) is 29.8 Å². The SMILES string of the molecule is COc1ccccc1C(=O)N1CCCCCCC1. The van der Waals surface area contributed by atoms with E-state index in [2.05, 4.69) is 0 Å². The van der Waals surface area contributed by atoms with Crippen molar-refractivity contribution < 1.29 is 9.53 Å². The Bertz CT molecular complexity index is 395. The van der Waals surface area contributed by atoms with E-state index < -0.39 is 0 Å². The molecule has 1 aromatic rings. The average molecular weight is 247 g/mol. The monoisotopic (exact) mass is 247 g/mol. The minimum atomic E-state index is 0.106. The molecule has 1 aliphatic rings. The fraction of sp³-hybridized carbons (Fsp3) is 0.533. The second-order valence-corrected chi connectivity index (χ2v) is 4.76. The van der Waals surface area contributed by atoms with Crippen LogP contribution in [0.1, 0.15) is 42.5 Å². The number of nitrogens with zero attached hydrogens (tertiary/aromatic N) is 1. The van der Waals surface area contributed by atoms with Gasteiger partial charge in [0, 0.05) is 13.1 Å². The Balaban J connectivity index is 2.13. The van der Waals surface area contributed by atoms with Crippen LogP contribution in [0.5, 0.6) is 5.75 Å². The summed E-state index contributed by atoms with van der Waals surface area (Å²) in [4.78, 5) is 14.5. The first kappa shape index (κ1) is 12.9. The van der Waals surface area contributed by atoms with Crippen molar-refractivity contribution in [2.75, 3.05) is 20.2 Å². The van der Waals surface area contributed by atoms with Gasteiger partial charge in [-0.3, -0.25) is 4.79 Å². The Morgan fingerprint density at radius 2 is 1.67 bits per heavy atom. The van der Waals surface area contributed by atoms with Gasteiger partial charge in [-0.2, -0.15) is 0 Å². The molecule has 3 heteroatoms. The van der Waals surface area contributed by atoms with Gasteiger partial charge in [0.05, 0.1) is 12.7 Å². The van der Waals surface area contributed by atoms with Crippen LogP contribution >= 0.6 is 0 Å². The minimum absolute atomic E-state index is 0.106. The summed E-state index contributed by atoms with van der Waals surface area (Å²) in [5.41, 5.74) is 0.681. The molecule has 0 unspecified atom stereocenters. The molecule has 1 aliphatic heterocycles. The summed E-state index contributed by atoms with van der Waals surface area (Å²) in [7, 11) is 1.61. The van der Waals surface area contributed by atoms with E-state index in [1.165, 1.54) is 19.3 Å². The van der Waals surface area contributed by atoms with Gasteiger partial charge in [-0.25, -0.2) is 0 Å². The van der Waals surface area contributed by atoms with Crippen LogP contribution in [0, 0.1) is 0 Å². The van der Waals surface area contributed by atoms with E-state index in [1.807, 2.05) is 29.2 Å². The molecular formula is C15H21NO2. The zero-order valence-electron chi connectivity index (χ0n) is 11.0. The second kappa shape index (κ2) is 6.43. The molecular weight excluding hydrogens is 226 g/mol. The molecule has 0 atom stereocenters. The molecule has 2 rings (SSSR count). The standard InChI is InChI=1S/C15H21NO2/c1-18-14-10-6-5-9-13(14)15(17)16-11-7-3-2-4-8-12-16/h5-6,9-10H,2-4,7-8,11-12H2,1H3. The summed E-state index contributed by atoms with van der Waals surface area (Å²) in [6.07, 6.45) is 5.99. The quantitative estimate of drug-likeness (QED) is 0.803. The number of methoxy groups -OCH3 is 1. The molecule has 0 radical (unpaired) electrons. The Hall–Kier alpha value is -1.51. The highest BCUT2D eigenvalue weighted by molar-refractivity contribution is 5.96. The zero-order chi connectivity index (χ0) is 12.8. The van der Waals surface area contributed by atoms with Gasteiger partial charge < -0.3 is 9.64 Å². The molecule has 1 saturated heterocycles. The van der Waals surface area contributed by atoms with Gasteiger partial charge in [-0.15, -0.1) is 0 Å². The van der Waals surface area contributed by atoms with Crippen molar-refractivity contribution in [1.82, 2.24) is 4.90 Å². The van der Waals surface area contributed by atoms with Gasteiger partial charge in [0.2, 0.25) is 0 Å². The summed E-state index contributed by atoms with van der Waals surface area (Å²) in [6, 6.07) is 7.47. The van der Waals surface area contributed by atoms with Crippen LogP contribution in [0.4, 0.5) is 0 Å². The number of rotatable bonds is 2. The van der Waals surface area contributed by atoms with Crippen molar-refractivity contribution >= 4 is 5.91 Å². The molecule has 1 aromatic carbocycles. The molecule has 98 valence electrons. The molecule has 0 bridgehead atoms. The predicted molar refractivity (Wildman–Crippen MR) is 72.0 cm³/mol. The van der Waals surface area contributed by atoms with Gasteiger partial charge in [-0.1, -0.05) is 31.4 Å². The smallest absolute Gasteiger partial charge is 0.257 e. The molecule has 1 heterocycles. The van der Waals surface area contributed by atoms with Crippen LogP contribution in [0.25, 0.3) is 0 Å². The Labute approximate surface area is 109 Å². The molecule has 18 heavy (non-hydrogen) atoms. The molecule has 3 nitrogen and oxygen atoms in total. The van der Waals surface area contributed by atoms with Crippen molar-refractivity contribution in [2.24, 2.45) is 0 Å². The highest BCUT2D eigenvalue weighted by Gasteiger charge is 2.19. The first-order valence-corrected chi connectivity index (χ1v) is 6.75. The normalized spacial score (nSPS) is 16.8. The van der Waals surface area contributed by atoms with E-state index in [9.17, 15) is 4.79 Å². The molecule has 0 N–H and O–H groups in total. The number of amides is 1. The van der Waals surface area contributed by atoms with Gasteiger partial charge >= 0.3 is 0 Å². The van der Waals surface area contributed by atoms with Gasteiger partial charge in [0.25, 0.3) is 5.91 Å². The summed E-state index contributed by atoms with van der Waals surface area (Å²) in [6.45, 7) is 1.74. The van der Waals surface area contributed by atoms with Crippen LogP contribution in [-0.2, 0) is 0 Å². The number of hydrogen-bond donors (Lipinski definition) is 0. The fourth-order valence-electron chi connectivity index (χ4n) is 2.44. The number of carbonyl (C=O) groups is 1. The average Bonchev–Trinajstić information content (AvgIpc) is 2.37. The lowest BCUT2D eigenvalue weighted by Gasteiger charge is -2.25. The van der Waals surface area contributed by atoms with Crippen LogP contribution in [0.15, 0.2) is 24.3 Å². The van der Waals surface area contributed by atoms with Gasteiger partial charge in [-0.05, 0) is 25.0 Å². The van der Waals surface area contributed by atoms with E-state index in [-0.39, 0.29) is 5.91 Å². The first-order valence-electron chi connectivity index (χ1n) is 6.75. The van der Waals surface area contributed by atoms with Crippen LogP contribution in [-0.4, -0.2) is 31.0 Å². The Morgan fingerprint density at radius 3 is 2.33 bits per heavy atom. The maximum Gasteiger partial charge on any atom is 0.257 e. The largest absolute Gasteiger partial charge is 0.496 e. The summed E-state index contributed by atoms with van der Waals surface area (Å²) < 4.78 is 5.27. The lowest BCUT2D eigenvalue weighted by Crippen LogP contribution is -2.34. The predicted octanol–water partition coefficient (Wildman–Crippen LogP) is 3.10. The summed E-state index contributed by atoms with van der Waals surface area (Å²) in [5.74, 6) is 0.777. The number of para-hydroxylation sites is 1. The molecule has 1 amide bonds. The highest BCUT2D eigenvalue weighted by Crippen LogP contribution is 2.21. The van der Waals surface area contributed by atoms with Crippen LogP contribution in [0.3, 0.4) is 0 Å². The van der Waals surface area contributed by atoms with E-state index in [4.69, 9.17) is 4.74 Å². The number of carbonyl (C=O) groups excluding carboxylic acids is 1.